The Hall–Kier alpha value is -1.11. The summed E-state index contributed by atoms with van der Waals surface area (Å²) in [5.41, 5.74) is 4.04. The van der Waals surface area contributed by atoms with Gasteiger partial charge in [-0.05, 0) is 12.8 Å². The number of halogens is 1. The van der Waals surface area contributed by atoms with Gasteiger partial charge >= 0.3 is 0 Å². The summed E-state index contributed by atoms with van der Waals surface area (Å²) in [7, 11) is 0. The molecule has 1 aliphatic carbocycles. The van der Waals surface area contributed by atoms with Gasteiger partial charge in [0.15, 0.2) is 0 Å². The third kappa shape index (κ3) is 2.68. The van der Waals surface area contributed by atoms with E-state index in [1.807, 2.05) is 10.9 Å². The molecule has 0 unspecified atom stereocenters. The molecule has 0 heterocycles. The number of nitrogens with one attached hydrogen (secondary N) is 2. The fraction of sp³-hybridized carbons (Fsp3) is 0.500. The highest BCUT2D eigenvalue weighted by atomic mass is 35.5. The van der Waals surface area contributed by atoms with Crippen LogP contribution in [0.3, 0.4) is 0 Å². The number of hydrogen-bond acceptors (Lipinski definition) is 4. The van der Waals surface area contributed by atoms with Crippen LogP contribution < -0.4 is 22.5 Å². The first-order valence-electron chi connectivity index (χ1n) is 4.45. The zero-order valence-corrected chi connectivity index (χ0v) is 8.75. The van der Waals surface area contributed by atoms with Crippen molar-refractivity contribution < 1.29 is 9.59 Å². The Labute approximate surface area is 91.9 Å². The van der Waals surface area contributed by atoms with Gasteiger partial charge in [-0.15, -0.1) is 0 Å². The van der Waals surface area contributed by atoms with Crippen molar-refractivity contribution in [1.29, 1.82) is 0 Å². The van der Waals surface area contributed by atoms with Crippen LogP contribution in [0.1, 0.15) is 12.8 Å². The summed E-state index contributed by atoms with van der Waals surface area (Å²) < 4.78 is 0. The van der Waals surface area contributed by atoms with Gasteiger partial charge in [0, 0.05) is 5.03 Å². The van der Waals surface area contributed by atoms with Crippen molar-refractivity contribution in [3.63, 3.8) is 0 Å². The van der Waals surface area contributed by atoms with Gasteiger partial charge in [-0.2, -0.15) is 0 Å². The maximum absolute atomic E-state index is 11.4. The molecule has 6 nitrogen and oxygen atoms in total. The van der Waals surface area contributed by atoms with Gasteiger partial charge in [-0.3, -0.25) is 20.4 Å². The summed E-state index contributed by atoms with van der Waals surface area (Å²) in [6.45, 7) is 0. The fourth-order valence-electron chi connectivity index (χ4n) is 1.63. The van der Waals surface area contributed by atoms with Crippen molar-refractivity contribution in [2.75, 3.05) is 0 Å². The van der Waals surface area contributed by atoms with Gasteiger partial charge in [-0.25, -0.2) is 11.7 Å². The average Bonchev–Trinajstić information content (AvgIpc) is 2.26. The highest BCUT2D eigenvalue weighted by molar-refractivity contribution is 6.29. The largest absolute Gasteiger partial charge is 0.294 e. The van der Waals surface area contributed by atoms with Gasteiger partial charge in [0.25, 0.3) is 0 Å². The monoisotopic (exact) mass is 232 g/mol. The first kappa shape index (κ1) is 12.0. The molecule has 1 aliphatic rings. The summed E-state index contributed by atoms with van der Waals surface area (Å²) in [5.74, 6) is 8.19. The molecule has 0 saturated heterocycles. The second-order valence-electron chi connectivity index (χ2n) is 3.32. The first-order valence-corrected chi connectivity index (χ1v) is 4.83. The van der Waals surface area contributed by atoms with E-state index in [1.54, 1.807) is 6.08 Å². The van der Waals surface area contributed by atoms with E-state index in [9.17, 15) is 9.59 Å². The van der Waals surface area contributed by atoms with Gasteiger partial charge in [0.2, 0.25) is 11.8 Å². The molecule has 0 radical (unpaired) electrons. The third-order valence-corrected chi connectivity index (χ3v) is 2.76. The number of hydrogen-bond donors (Lipinski definition) is 4. The van der Waals surface area contributed by atoms with Crippen LogP contribution in [-0.4, -0.2) is 11.8 Å². The maximum Gasteiger partial charge on any atom is 0.238 e. The molecular formula is C8H13ClN4O2. The second-order valence-corrected chi connectivity index (χ2v) is 3.81. The Balaban J connectivity index is 2.84. The van der Waals surface area contributed by atoms with E-state index in [0.29, 0.717) is 17.9 Å². The minimum Gasteiger partial charge on any atom is -0.294 e. The van der Waals surface area contributed by atoms with Crippen LogP contribution in [0.2, 0.25) is 0 Å². The van der Waals surface area contributed by atoms with Crippen LogP contribution in [0, 0.1) is 11.8 Å². The van der Waals surface area contributed by atoms with Crippen LogP contribution in [-0.2, 0) is 9.59 Å². The summed E-state index contributed by atoms with van der Waals surface area (Å²) >= 11 is 5.80. The SMILES string of the molecule is NNC(=O)[C@H]1CC=C(Cl)C[C@H]1C(=O)NN. The number of carbonyl (C=O) groups excluding carboxylic acids is 2. The molecule has 2 amide bonds. The molecule has 7 heteroatoms. The van der Waals surface area contributed by atoms with E-state index in [1.165, 1.54) is 0 Å². The second kappa shape index (κ2) is 5.11. The highest BCUT2D eigenvalue weighted by Crippen LogP contribution is 2.31. The fourth-order valence-corrected chi connectivity index (χ4v) is 1.89. The van der Waals surface area contributed by atoms with Gasteiger partial charge < -0.3 is 0 Å². The van der Waals surface area contributed by atoms with Gasteiger partial charge in [0.05, 0.1) is 11.8 Å². The molecule has 15 heavy (non-hydrogen) atoms. The number of amides is 2. The molecule has 0 aromatic heterocycles. The number of carbonyl (C=O) groups is 2. The molecule has 0 aromatic rings. The third-order valence-electron chi connectivity index (χ3n) is 2.45. The summed E-state index contributed by atoms with van der Waals surface area (Å²) in [6, 6.07) is 0. The summed E-state index contributed by atoms with van der Waals surface area (Å²) in [5, 5.41) is 0.560. The molecule has 0 bridgehead atoms. The number of hydrazine groups is 2. The van der Waals surface area contributed by atoms with Crippen LogP contribution in [0.25, 0.3) is 0 Å². The minimum atomic E-state index is -0.559. The lowest BCUT2D eigenvalue weighted by molar-refractivity contribution is -0.135. The lowest BCUT2D eigenvalue weighted by Gasteiger charge is -2.26. The zero-order chi connectivity index (χ0) is 11.4. The molecule has 0 fully saturated rings. The lowest BCUT2D eigenvalue weighted by atomic mass is 9.82. The Kier molecular flexibility index (Phi) is 4.07. The Morgan fingerprint density at radius 2 is 1.80 bits per heavy atom. The van der Waals surface area contributed by atoms with E-state index in [2.05, 4.69) is 0 Å². The zero-order valence-electron chi connectivity index (χ0n) is 8.00. The van der Waals surface area contributed by atoms with Crippen LogP contribution in [0.5, 0.6) is 0 Å². The van der Waals surface area contributed by atoms with E-state index in [0.717, 1.165) is 0 Å². The normalized spacial score (nSPS) is 25.4. The van der Waals surface area contributed by atoms with Crippen molar-refractivity contribution in [3.8, 4) is 0 Å². The highest BCUT2D eigenvalue weighted by Gasteiger charge is 2.35. The average molecular weight is 233 g/mol. The van der Waals surface area contributed by atoms with Crippen LogP contribution in [0.15, 0.2) is 11.1 Å². The van der Waals surface area contributed by atoms with Crippen LogP contribution >= 0.6 is 11.6 Å². The molecule has 2 atom stereocenters. The maximum atomic E-state index is 11.4. The molecular weight excluding hydrogens is 220 g/mol. The topological polar surface area (TPSA) is 110 Å². The molecule has 6 N–H and O–H groups in total. The quantitative estimate of drug-likeness (QED) is 0.281. The molecule has 0 aromatic carbocycles. The predicted molar refractivity (Wildman–Crippen MR) is 54.8 cm³/mol. The molecule has 0 aliphatic heterocycles. The van der Waals surface area contributed by atoms with Crippen molar-refractivity contribution in [2.24, 2.45) is 23.5 Å². The Morgan fingerprint density at radius 3 is 2.33 bits per heavy atom. The van der Waals surface area contributed by atoms with Crippen molar-refractivity contribution >= 4 is 23.4 Å². The Bertz CT molecular complexity index is 305. The number of rotatable bonds is 2. The van der Waals surface area contributed by atoms with Crippen molar-refractivity contribution in [1.82, 2.24) is 10.9 Å². The summed E-state index contributed by atoms with van der Waals surface area (Å²) in [6.07, 6.45) is 2.41. The van der Waals surface area contributed by atoms with E-state index < -0.39 is 17.7 Å². The standard InChI is InChI=1S/C8H13ClN4O2/c9-4-1-2-5(7(14)12-10)6(3-4)8(15)13-11/h1,5-6H,2-3,10-11H2,(H,12,14)(H,13,15)/t5-,6+/m0/s1. The van der Waals surface area contributed by atoms with E-state index in [-0.39, 0.29) is 5.91 Å². The van der Waals surface area contributed by atoms with Gasteiger partial charge in [-0.1, -0.05) is 17.7 Å². The molecule has 0 spiro atoms. The molecule has 1 rings (SSSR count). The Morgan fingerprint density at radius 1 is 1.27 bits per heavy atom. The van der Waals surface area contributed by atoms with Crippen molar-refractivity contribution in [2.45, 2.75) is 12.8 Å². The smallest absolute Gasteiger partial charge is 0.238 e. The minimum absolute atomic E-state index is 0.308. The number of nitrogens with two attached hydrogens (primary N) is 2. The van der Waals surface area contributed by atoms with Crippen molar-refractivity contribution in [3.05, 3.63) is 11.1 Å². The molecule has 0 saturated carbocycles. The van der Waals surface area contributed by atoms with E-state index in [4.69, 9.17) is 23.3 Å². The predicted octanol–water partition coefficient (Wildman–Crippen LogP) is -0.885. The number of allylic oxidation sites excluding steroid dienone is 2. The lowest BCUT2D eigenvalue weighted by Crippen LogP contribution is -2.46. The van der Waals surface area contributed by atoms with Gasteiger partial charge in [0.1, 0.15) is 0 Å². The first-order chi connectivity index (χ1) is 7.10. The van der Waals surface area contributed by atoms with E-state index >= 15 is 0 Å². The van der Waals surface area contributed by atoms with Crippen LogP contribution in [0.4, 0.5) is 0 Å². The molecule has 84 valence electrons. The summed E-state index contributed by atoms with van der Waals surface area (Å²) in [4.78, 5) is 22.8.